The lowest BCUT2D eigenvalue weighted by Gasteiger charge is -2.17. The van der Waals surface area contributed by atoms with Gasteiger partial charge in [-0.3, -0.25) is 24.4 Å². The Labute approximate surface area is 259 Å². The molecule has 11 nitrogen and oxygen atoms in total. The van der Waals surface area contributed by atoms with Crippen LogP contribution in [0.2, 0.25) is 0 Å². The summed E-state index contributed by atoms with van der Waals surface area (Å²) in [5.74, 6) is -4.29. The SMILES string of the molecule is CC[C@H]1c2cc3[nH]c(c(CC(=O)O)c4nc(cc5[nH]c(cc(n2)[C@@H]1C)c(C(C)=O)c5C)[C@@H](C)[C@@H]4CCC(=O)O)c(C(=O)O)c3C. The number of fused-ring (bicyclic) bond motifs is 8. The smallest absolute Gasteiger partial charge is 0.338 e. The standard InChI is InChI=1S/C34H38N4O7/c1-7-19-14(2)22-13-27-30(18(6)39)16(4)24(36-27)11-23-15(3)20(8-9-28(40)41)32(37-23)21(10-29(42)43)33-31(34(44)45)17(5)25(38-33)12-26(19)35-22/h11-15,19-20,36,38H,7-10H2,1-6H3,(H,40,41)(H,42,43)(H,44,45)/t14-,15+,19-,20+/m1/s1. The van der Waals surface area contributed by atoms with Crippen LogP contribution < -0.4 is 0 Å². The van der Waals surface area contributed by atoms with Gasteiger partial charge in [-0.15, -0.1) is 0 Å². The Morgan fingerprint density at radius 1 is 0.778 bits per heavy atom. The quantitative estimate of drug-likeness (QED) is 0.176. The molecule has 0 aromatic carbocycles. The maximum absolute atomic E-state index is 12.9. The number of carboxylic acid groups (broad SMARTS) is 3. The van der Waals surface area contributed by atoms with Gasteiger partial charge in [0.25, 0.3) is 0 Å². The van der Waals surface area contributed by atoms with Crippen LogP contribution in [-0.4, -0.2) is 58.9 Å². The van der Waals surface area contributed by atoms with Gasteiger partial charge in [0.2, 0.25) is 0 Å². The van der Waals surface area contributed by atoms with Crippen LogP contribution in [0.25, 0.3) is 22.1 Å². The summed E-state index contributed by atoms with van der Waals surface area (Å²) in [6.45, 7) is 11.1. The van der Waals surface area contributed by atoms with E-state index in [1.165, 1.54) is 6.92 Å². The van der Waals surface area contributed by atoms with E-state index in [9.17, 15) is 34.5 Å². The Bertz CT molecular complexity index is 1920. The number of aromatic carboxylic acids is 1. The Morgan fingerprint density at radius 2 is 1.36 bits per heavy atom. The number of Topliss-reactive ketones (excluding diaryl/α,β-unsaturated/α-hetero) is 1. The van der Waals surface area contributed by atoms with Crippen molar-refractivity contribution in [3.05, 3.63) is 68.8 Å². The Kier molecular flexibility index (Phi) is 8.39. The highest BCUT2D eigenvalue weighted by molar-refractivity contribution is 6.05. The van der Waals surface area contributed by atoms with Crippen LogP contribution in [0.1, 0.15) is 131 Å². The van der Waals surface area contributed by atoms with Gasteiger partial charge in [-0.25, -0.2) is 4.79 Å². The number of rotatable bonds is 8. The first-order valence-corrected chi connectivity index (χ1v) is 15.2. The summed E-state index contributed by atoms with van der Waals surface area (Å²) in [5, 5.41) is 29.9. The number of hydrogen-bond donors (Lipinski definition) is 5. The molecule has 0 saturated carbocycles. The van der Waals surface area contributed by atoms with Crippen LogP contribution in [0, 0.1) is 13.8 Å². The minimum atomic E-state index is -1.22. The van der Waals surface area contributed by atoms with E-state index in [1.54, 1.807) is 6.92 Å². The molecule has 5 rings (SSSR count). The zero-order chi connectivity index (χ0) is 32.9. The van der Waals surface area contributed by atoms with Crippen molar-refractivity contribution in [3.8, 4) is 0 Å². The second kappa shape index (κ2) is 11.9. The minimum absolute atomic E-state index is 0.0153. The van der Waals surface area contributed by atoms with Gasteiger partial charge in [0.15, 0.2) is 5.78 Å². The van der Waals surface area contributed by atoms with Gasteiger partial charge in [0.05, 0.1) is 28.7 Å². The summed E-state index contributed by atoms with van der Waals surface area (Å²) in [5.41, 5.74) is 6.20. The summed E-state index contributed by atoms with van der Waals surface area (Å²) < 4.78 is 0. The largest absolute Gasteiger partial charge is 0.481 e. The molecular weight excluding hydrogens is 576 g/mol. The fraction of sp³-hybridized carbons (Fsp3) is 0.412. The summed E-state index contributed by atoms with van der Waals surface area (Å²) in [7, 11) is 0. The van der Waals surface area contributed by atoms with E-state index in [0.29, 0.717) is 39.1 Å². The van der Waals surface area contributed by atoms with Gasteiger partial charge in [0.1, 0.15) is 0 Å². The molecule has 0 radical (unpaired) electrons. The van der Waals surface area contributed by atoms with Crippen molar-refractivity contribution in [2.24, 2.45) is 0 Å². The third kappa shape index (κ3) is 5.63. The van der Waals surface area contributed by atoms with Crippen molar-refractivity contribution in [2.75, 3.05) is 0 Å². The number of carbonyl (C=O) groups is 4. The first-order valence-electron chi connectivity index (χ1n) is 15.2. The molecule has 4 atom stereocenters. The topological polar surface area (TPSA) is 186 Å². The molecule has 45 heavy (non-hydrogen) atoms. The molecule has 2 aliphatic rings. The first-order chi connectivity index (χ1) is 21.2. The molecule has 0 amide bonds. The summed E-state index contributed by atoms with van der Waals surface area (Å²) in [6.07, 6.45) is 0.234. The number of aromatic amines is 2. The van der Waals surface area contributed by atoms with Crippen LogP contribution in [0.5, 0.6) is 0 Å². The number of nitrogens with one attached hydrogen (secondary N) is 2. The summed E-state index contributed by atoms with van der Waals surface area (Å²) in [4.78, 5) is 66.0. The highest BCUT2D eigenvalue weighted by Gasteiger charge is 2.34. The molecule has 0 fully saturated rings. The van der Waals surface area contributed by atoms with E-state index in [2.05, 4.69) is 23.8 Å². The predicted octanol–water partition coefficient (Wildman–Crippen LogP) is 6.51. The zero-order valence-electron chi connectivity index (χ0n) is 26.2. The molecule has 2 aliphatic heterocycles. The van der Waals surface area contributed by atoms with Gasteiger partial charge < -0.3 is 25.3 Å². The molecule has 0 spiro atoms. The van der Waals surface area contributed by atoms with Crippen LogP contribution in [-0.2, 0) is 16.0 Å². The molecule has 0 saturated heterocycles. The highest BCUT2D eigenvalue weighted by atomic mass is 16.4. The van der Waals surface area contributed by atoms with Gasteiger partial charge in [-0.2, -0.15) is 0 Å². The maximum Gasteiger partial charge on any atom is 0.338 e. The average Bonchev–Trinajstić information content (AvgIpc) is 3.63. The summed E-state index contributed by atoms with van der Waals surface area (Å²) in [6, 6.07) is 5.55. The molecule has 0 aliphatic carbocycles. The lowest BCUT2D eigenvalue weighted by Crippen LogP contribution is -2.11. The van der Waals surface area contributed by atoms with Crippen molar-refractivity contribution < 1.29 is 34.5 Å². The van der Waals surface area contributed by atoms with Gasteiger partial charge >= 0.3 is 17.9 Å². The van der Waals surface area contributed by atoms with E-state index in [-0.39, 0.29) is 53.0 Å². The van der Waals surface area contributed by atoms with E-state index >= 15 is 0 Å². The third-order valence-electron chi connectivity index (χ3n) is 9.48. The van der Waals surface area contributed by atoms with Crippen LogP contribution in [0.3, 0.4) is 0 Å². The van der Waals surface area contributed by atoms with Gasteiger partial charge in [-0.05, 0) is 62.9 Å². The number of carbonyl (C=O) groups excluding carboxylic acids is 1. The zero-order valence-corrected chi connectivity index (χ0v) is 26.2. The van der Waals surface area contributed by atoms with E-state index in [4.69, 9.17) is 9.97 Å². The number of H-pyrrole nitrogens is 2. The van der Waals surface area contributed by atoms with Crippen LogP contribution in [0.4, 0.5) is 0 Å². The fourth-order valence-electron chi connectivity index (χ4n) is 7.05. The van der Waals surface area contributed by atoms with Crippen LogP contribution in [0.15, 0.2) is 18.2 Å². The minimum Gasteiger partial charge on any atom is -0.481 e. The Hall–Kier alpha value is -4.80. The van der Waals surface area contributed by atoms with Crippen molar-refractivity contribution in [1.82, 2.24) is 19.9 Å². The number of aryl methyl sites for hydroxylation is 2. The molecule has 236 valence electrons. The molecule has 11 heteroatoms. The van der Waals surface area contributed by atoms with Crippen molar-refractivity contribution in [2.45, 2.75) is 90.9 Å². The molecule has 5 N–H and O–H groups in total. The first kappa shape index (κ1) is 31.6. The molecule has 3 aromatic heterocycles. The monoisotopic (exact) mass is 614 g/mol. The van der Waals surface area contributed by atoms with E-state index < -0.39 is 30.2 Å². The third-order valence-corrected chi connectivity index (χ3v) is 9.48. The van der Waals surface area contributed by atoms with Gasteiger partial charge in [-0.1, -0.05) is 20.8 Å². The van der Waals surface area contributed by atoms with Crippen molar-refractivity contribution in [1.29, 1.82) is 0 Å². The second-order valence-electron chi connectivity index (χ2n) is 12.2. The number of aromatic nitrogens is 4. The lowest BCUT2D eigenvalue weighted by atomic mass is 9.85. The Morgan fingerprint density at radius 3 is 1.96 bits per heavy atom. The van der Waals surface area contributed by atoms with E-state index in [0.717, 1.165) is 23.4 Å². The maximum atomic E-state index is 12.9. The molecular formula is C34H38N4O7. The van der Waals surface area contributed by atoms with Gasteiger partial charge in [0, 0.05) is 69.3 Å². The van der Waals surface area contributed by atoms with E-state index in [1.807, 2.05) is 32.0 Å². The molecule has 0 unspecified atom stereocenters. The normalized spacial score (nSPS) is 19.4. The fourth-order valence-corrected chi connectivity index (χ4v) is 7.05. The number of nitrogens with zero attached hydrogens (tertiary/aromatic N) is 2. The second-order valence-corrected chi connectivity index (χ2v) is 12.2. The highest BCUT2D eigenvalue weighted by Crippen LogP contribution is 2.43. The molecule has 5 heterocycles. The summed E-state index contributed by atoms with van der Waals surface area (Å²) >= 11 is 0. The van der Waals surface area contributed by atoms with Crippen LogP contribution >= 0.6 is 0 Å². The number of hydrogen-bond acceptors (Lipinski definition) is 6. The van der Waals surface area contributed by atoms with Crippen molar-refractivity contribution >= 4 is 45.8 Å². The predicted molar refractivity (Wildman–Crippen MR) is 168 cm³/mol. The van der Waals surface area contributed by atoms with Crippen molar-refractivity contribution in [3.63, 3.8) is 0 Å². The number of ketones is 1. The lowest BCUT2D eigenvalue weighted by molar-refractivity contribution is -0.138. The number of aliphatic carboxylic acids is 2. The Balaban J connectivity index is 2.03. The number of carboxylic acids is 3. The molecule has 8 bridgehead atoms. The average molecular weight is 615 g/mol. The molecule has 3 aromatic rings.